The van der Waals surface area contributed by atoms with Crippen molar-refractivity contribution in [2.75, 3.05) is 7.05 Å². The summed E-state index contributed by atoms with van der Waals surface area (Å²) in [6.07, 6.45) is 5.59. The first-order valence-corrected chi connectivity index (χ1v) is 5.48. The van der Waals surface area contributed by atoms with Crippen LogP contribution in [-0.4, -0.2) is 22.4 Å². The van der Waals surface area contributed by atoms with Gasteiger partial charge in [0.2, 0.25) is 5.56 Å². The minimum atomic E-state index is -0.230. The van der Waals surface area contributed by atoms with Crippen LogP contribution in [0.25, 0.3) is 5.57 Å². The molecule has 0 amide bonds. The van der Waals surface area contributed by atoms with E-state index in [1.807, 2.05) is 37.1 Å². The topological polar surface area (TPSA) is 36.1 Å². The Bertz CT molecular complexity index is 516. The molecule has 3 nitrogen and oxygen atoms in total. The lowest BCUT2D eigenvalue weighted by Crippen LogP contribution is -2.28. The molecule has 1 unspecified atom stereocenters. The SMILES string of the molecule is CC1=CC=C(c2cc[nH]c(=O)c2)C(Cl)N1C. The van der Waals surface area contributed by atoms with Crippen LogP contribution in [0.15, 0.2) is 41.0 Å². The molecule has 1 aliphatic heterocycles. The summed E-state index contributed by atoms with van der Waals surface area (Å²) in [5, 5.41) is 0. The highest BCUT2D eigenvalue weighted by Crippen LogP contribution is 2.29. The van der Waals surface area contributed by atoms with Crippen LogP contribution in [0.5, 0.6) is 0 Å². The molecule has 1 aromatic rings. The number of halogens is 1. The number of pyridine rings is 1. The average Bonchev–Trinajstić information content (AvgIpc) is 2.26. The fourth-order valence-corrected chi connectivity index (χ4v) is 2.01. The number of nitrogens with one attached hydrogen (secondary N) is 1. The van der Waals surface area contributed by atoms with Gasteiger partial charge in [0.25, 0.3) is 0 Å². The van der Waals surface area contributed by atoms with Gasteiger partial charge < -0.3 is 9.88 Å². The van der Waals surface area contributed by atoms with E-state index in [0.29, 0.717) is 0 Å². The van der Waals surface area contributed by atoms with E-state index < -0.39 is 0 Å². The van der Waals surface area contributed by atoms with Crippen LogP contribution in [-0.2, 0) is 0 Å². The summed E-state index contributed by atoms with van der Waals surface area (Å²) >= 11 is 6.32. The smallest absolute Gasteiger partial charge is 0.248 e. The van der Waals surface area contributed by atoms with Crippen molar-refractivity contribution in [2.24, 2.45) is 0 Å². The quantitative estimate of drug-likeness (QED) is 0.599. The van der Waals surface area contributed by atoms with Gasteiger partial charge in [-0.1, -0.05) is 17.7 Å². The molecule has 0 fully saturated rings. The summed E-state index contributed by atoms with van der Waals surface area (Å²) in [6.45, 7) is 2.00. The minimum Gasteiger partial charge on any atom is -0.358 e. The van der Waals surface area contributed by atoms with Gasteiger partial charge in [0.05, 0.1) is 0 Å². The van der Waals surface area contributed by atoms with Crippen LogP contribution < -0.4 is 5.56 Å². The molecule has 16 heavy (non-hydrogen) atoms. The summed E-state index contributed by atoms with van der Waals surface area (Å²) in [5.41, 5.74) is 2.57. The van der Waals surface area contributed by atoms with E-state index in [1.54, 1.807) is 12.3 Å². The molecule has 0 bridgehead atoms. The first-order chi connectivity index (χ1) is 7.59. The van der Waals surface area contributed by atoms with E-state index in [-0.39, 0.29) is 11.1 Å². The lowest BCUT2D eigenvalue weighted by molar-refractivity contribution is 0.434. The number of H-pyrrole nitrogens is 1. The first-order valence-electron chi connectivity index (χ1n) is 5.04. The van der Waals surface area contributed by atoms with Crippen LogP contribution in [0.1, 0.15) is 12.5 Å². The molecule has 0 saturated carbocycles. The third kappa shape index (κ3) is 1.91. The number of aromatic nitrogens is 1. The molecule has 84 valence electrons. The molecule has 0 spiro atoms. The Hall–Kier alpha value is -1.48. The van der Waals surface area contributed by atoms with E-state index in [0.717, 1.165) is 16.8 Å². The van der Waals surface area contributed by atoms with Crippen LogP contribution >= 0.6 is 11.6 Å². The van der Waals surface area contributed by atoms with Gasteiger partial charge in [-0.2, -0.15) is 0 Å². The molecule has 0 radical (unpaired) electrons. The van der Waals surface area contributed by atoms with E-state index >= 15 is 0 Å². The highest BCUT2D eigenvalue weighted by molar-refractivity contribution is 6.26. The van der Waals surface area contributed by atoms with Crippen LogP contribution in [0, 0.1) is 0 Å². The second-order valence-electron chi connectivity index (χ2n) is 3.82. The molecule has 0 aliphatic carbocycles. The number of alkyl halides is 1. The van der Waals surface area contributed by atoms with Gasteiger partial charge in [-0.15, -0.1) is 0 Å². The molecule has 0 saturated heterocycles. The van der Waals surface area contributed by atoms with Crippen LogP contribution in [0.3, 0.4) is 0 Å². The van der Waals surface area contributed by atoms with Gasteiger partial charge in [-0.3, -0.25) is 4.79 Å². The fourth-order valence-electron chi connectivity index (χ4n) is 1.65. The third-order valence-corrected chi connectivity index (χ3v) is 3.29. The molecule has 1 atom stereocenters. The largest absolute Gasteiger partial charge is 0.358 e. The summed E-state index contributed by atoms with van der Waals surface area (Å²) in [4.78, 5) is 15.8. The van der Waals surface area contributed by atoms with E-state index in [1.165, 1.54) is 0 Å². The Morgan fingerprint density at radius 1 is 1.44 bits per heavy atom. The summed E-state index contributed by atoms with van der Waals surface area (Å²) < 4.78 is 0. The van der Waals surface area contributed by atoms with E-state index in [2.05, 4.69) is 4.98 Å². The normalized spacial score (nSPS) is 20.4. The fraction of sp³-hybridized carbons (Fsp3) is 0.250. The molecule has 4 heteroatoms. The molecule has 1 aliphatic rings. The highest BCUT2D eigenvalue weighted by atomic mass is 35.5. The van der Waals surface area contributed by atoms with E-state index in [4.69, 9.17) is 11.6 Å². The average molecular weight is 237 g/mol. The molecular formula is C12H13ClN2O. The van der Waals surface area contributed by atoms with Gasteiger partial charge in [0.15, 0.2) is 0 Å². The molecule has 2 heterocycles. The maximum absolute atomic E-state index is 11.2. The summed E-state index contributed by atoms with van der Waals surface area (Å²) in [7, 11) is 1.93. The van der Waals surface area contributed by atoms with Crippen molar-refractivity contribution in [3.8, 4) is 0 Å². The lowest BCUT2D eigenvalue weighted by atomic mass is 10.0. The number of allylic oxidation sites excluding steroid dienone is 3. The standard InChI is InChI=1S/C12H13ClN2O/c1-8-3-4-10(12(13)15(8)2)9-5-6-14-11(16)7-9/h3-7,12H,1-2H3,(H,14,16). The van der Waals surface area contributed by atoms with Crippen molar-refractivity contribution in [1.82, 2.24) is 9.88 Å². The summed E-state index contributed by atoms with van der Waals surface area (Å²) in [6, 6.07) is 3.41. The number of rotatable bonds is 1. The Morgan fingerprint density at radius 3 is 2.88 bits per heavy atom. The second-order valence-corrected chi connectivity index (χ2v) is 4.23. The monoisotopic (exact) mass is 236 g/mol. The molecule has 2 rings (SSSR count). The molecule has 0 aromatic carbocycles. The van der Waals surface area contributed by atoms with E-state index in [9.17, 15) is 4.79 Å². The number of aromatic amines is 1. The van der Waals surface area contributed by atoms with Gasteiger partial charge in [0, 0.05) is 25.0 Å². The zero-order chi connectivity index (χ0) is 11.7. The first kappa shape index (κ1) is 11.0. The predicted molar refractivity (Wildman–Crippen MR) is 66.2 cm³/mol. The minimum absolute atomic E-state index is 0.115. The van der Waals surface area contributed by atoms with Crippen molar-refractivity contribution < 1.29 is 0 Å². The number of nitrogens with zero attached hydrogens (tertiary/aromatic N) is 1. The van der Waals surface area contributed by atoms with Gasteiger partial charge in [-0.05, 0) is 30.2 Å². The Kier molecular flexibility index (Phi) is 2.88. The third-order valence-electron chi connectivity index (χ3n) is 2.77. The molecule has 1 aromatic heterocycles. The van der Waals surface area contributed by atoms with Crippen molar-refractivity contribution in [2.45, 2.75) is 12.4 Å². The van der Waals surface area contributed by atoms with Crippen molar-refractivity contribution in [3.63, 3.8) is 0 Å². The van der Waals surface area contributed by atoms with Gasteiger partial charge in [0.1, 0.15) is 5.50 Å². The lowest BCUT2D eigenvalue weighted by Gasteiger charge is -2.30. The van der Waals surface area contributed by atoms with Gasteiger partial charge >= 0.3 is 0 Å². The summed E-state index contributed by atoms with van der Waals surface area (Å²) in [5.74, 6) is 0. The Balaban J connectivity index is 2.46. The zero-order valence-electron chi connectivity index (χ0n) is 9.20. The van der Waals surface area contributed by atoms with Crippen molar-refractivity contribution in [3.05, 3.63) is 52.1 Å². The van der Waals surface area contributed by atoms with Crippen LogP contribution in [0.2, 0.25) is 0 Å². The number of hydrogen-bond donors (Lipinski definition) is 1. The Morgan fingerprint density at radius 2 is 2.19 bits per heavy atom. The van der Waals surface area contributed by atoms with Crippen molar-refractivity contribution in [1.29, 1.82) is 0 Å². The predicted octanol–water partition coefficient (Wildman–Crippen LogP) is 2.17. The second kappa shape index (κ2) is 4.18. The molecular weight excluding hydrogens is 224 g/mol. The van der Waals surface area contributed by atoms with Gasteiger partial charge in [-0.25, -0.2) is 0 Å². The van der Waals surface area contributed by atoms with Crippen LogP contribution in [0.4, 0.5) is 0 Å². The Labute approximate surface area is 99.0 Å². The highest BCUT2D eigenvalue weighted by Gasteiger charge is 2.21. The van der Waals surface area contributed by atoms with Crippen molar-refractivity contribution >= 4 is 17.2 Å². The maximum Gasteiger partial charge on any atom is 0.248 e. The number of hydrogen-bond acceptors (Lipinski definition) is 2. The molecule has 1 N–H and O–H groups in total. The maximum atomic E-state index is 11.2. The number of likely N-dealkylation sites (N-methyl/N-ethyl adjacent to an activating group) is 1. The zero-order valence-corrected chi connectivity index (χ0v) is 9.95.